The highest BCUT2D eigenvalue weighted by molar-refractivity contribution is 6.06. The highest BCUT2D eigenvalue weighted by Crippen LogP contribution is 2.39. The summed E-state index contributed by atoms with van der Waals surface area (Å²) < 4.78 is 44.9. The van der Waals surface area contributed by atoms with Crippen LogP contribution in [-0.2, 0) is 17.5 Å². The molecule has 0 unspecified atom stereocenters. The van der Waals surface area contributed by atoms with E-state index in [2.05, 4.69) is 37.5 Å². The Kier molecular flexibility index (Phi) is 9.35. The van der Waals surface area contributed by atoms with Crippen molar-refractivity contribution in [2.24, 2.45) is 0 Å². The minimum atomic E-state index is -4.66. The smallest absolute Gasteiger partial charge is 0.368 e. The summed E-state index contributed by atoms with van der Waals surface area (Å²) in [6.07, 6.45) is -1.23. The predicted molar refractivity (Wildman–Crippen MR) is 189 cm³/mol. The van der Waals surface area contributed by atoms with E-state index in [4.69, 9.17) is 0 Å². The lowest BCUT2D eigenvalue weighted by Gasteiger charge is -2.38. The van der Waals surface area contributed by atoms with Crippen LogP contribution in [0.1, 0.15) is 44.7 Å². The molecule has 0 spiro atoms. The van der Waals surface area contributed by atoms with Gasteiger partial charge in [-0.2, -0.15) is 18.3 Å². The Morgan fingerprint density at radius 2 is 1.73 bits per heavy atom. The normalized spacial score (nSPS) is 15.3. The highest BCUT2D eigenvalue weighted by Gasteiger charge is 2.36. The van der Waals surface area contributed by atoms with Crippen molar-refractivity contribution >= 4 is 40.6 Å². The number of hydrogen-bond acceptors (Lipinski definition) is 7. The molecule has 3 aromatic carbocycles. The molecule has 11 nitrogen and oxygen atoms in total. The van der Waals surface area contributed by atoms with Crippen molar-refractivity contribution in [2.45, 2.75) is 26.1 Å². The number of aryl methyl sites for hydroxylation is 1. The Labute approximate surface area is 297 Å². The number of para-hydroxylation sites is 1. The summed E-state index contributed by atoms with van der Waals surface area (Å²) in [5, 5.41) is 9.22. The van der Waals surface area contributed by atoms with Gasteiger partial charge < -0.3 is 10.2 Å². The molecule has 2 fully saturated rings. The number of nitrogens with one attached hydrogen (secondary N) is 2. The van der Waals surface area contributed by atoms with Crippen LogP contribution in [0, 0.1) is 18.8 Å². The molecule has 2 aliphatic heterocycles. The molecular formula is C38H33F3N8O3. The van der Waals surface area contributed by atoms with Crippen LogP contribution in [0.5, 0.6) is 0 Å². The van der Waals surface area contributed by atoms with Crippen molar-refractivity contribution in [2.75, 3.05) is 47.8 Å². The molecule has 5 aromatic rings. The summed E-state index contributed by atoms with van der Waals surface area (Å²) in [6, 6.07) is 19.3. The Bertz CT molecular complexity index is 2250. The first-order valence-corrected chi connectivity index (χ1v) is 16.6. The summed E-state index contributed by atoms with van der Waals surface area (Å²) in [4.78, 5) is 47.0. The molecule has 52 heavy (non-hydrogen) atoms. The number of alkyl halides is 3. The van der Waals surface area contributed by atoms with Crippen LogP contribution < -0.4 is 20.4 Å². The van der Waals surface area contributed by atoms with Crippen LogP contribution in [0.15, 0.2) is 85.2 Å². The topological polar surface area (TPSA) is 115 Å². The number of carbonyl (C=O) groups excluding carboxylic acids is 3. The lowest BCUT2D eigenvalue weighted by molar-refractivity contribution is -0.137. The highest BCUT2D eigenvalue weighted by atomic mass is 19.4. The Morgan fingerprint density at radius 1 is 0.923 bits per heavy atom. The van der Waals surface area contributed by atoms with Crippen molar-refractivity contribution in [3.05, 3.63) is 119 Å². The lowest BCUT2D eigenvalue weighted by atomic mass is 10.0. The number of imidazole rings is 1. The maximum atomic E-state index is 14.4. The van der Waals surface area contributed by atoms with Crippen molar-refractivity contribution < 1.29 is 27.6 Å². The van der Waals surface area contributed by atoms with Gasteiger partial charge in [-0.3, -0.25) is 24.7 Å². The number of urea groups is 1. The molecule has 0 atom stereocenters. The number of halogens is 3. The average molecular weight is 707 g/mol. The van der Waals surface area contributed by atoms with Crippen molar-refractivity contribution in [3.63, 3.8) is 0 Å². The zero-order valence-corrected chi connectivity index (χ0v) is 28.1. The number of imide groups is 1. The molecule has 2 saturated heterocycles. The van der Waals surface area contributed by atoms with E-state index in [-0.39, 0.29) is 35.8 Å². The predicted octanol–water partition coefficient (Wildman–Crippen LogP) is 5.48. The quantitative estimate of drug-likeness (QED) is 0.225. The minimum absolute atomic E-state index is 0.0183. The number of benzene rings is 3. The number of rotatable bonds is 6. The molecule has 7 rings (SSSR count). The first-order chi connectivity index (χ1) is 25.0. The molecule has 264 valence electrons. The second kappa shape index (κ2) is 14.2. The number of aromatic nitrogens is 3. The number of anilines is 3. The van der Waals surface area contributed by atoms with E-state index in [1.165, 1.54) is 17.0 Å². The van der Waals surface area contributed by atoms with E-state index in [0.717, 1.165) is 17.2 Å². The van der Waals surface area contributed by atoms with E-state index in [0.29, 0.717) is 55.3 Å². The standard InChI is InChI=1S/C38H33F3N8O3/c1-25-8-9-27(21-26(25)10-12-30-23-42-34-7-4-15-43-49(30)34)36(51)44-29-11-13-33(31(22-29)38(39,40)41)47-19-17-46(18-20-47)24-28-5-2-3-6-32(28)48-16-14-35(50)45-37(48)52/h2-9,11,13,15,21-23H,14,16-20,24H2,1H3,(H,44,51)(H,45,50,52). The second-order valence-corrected chi connectivity index (χ2v) is 12.5. The maximum Gasteiger partial charge on any atom is 0.418 e. The third-order valence-electron chi connectivity index (χ3n) is 9.11. The molecule has 0 aliphatic carbocycles. The van der Waals surface area contributed by atoms with Gasteiger partial charge in [-0.25, -0.2) is 14.3 Å². The maximum absolute atomic E-state index is 14.4. The van der Waals surface area contributed by atoms with Crippen LogP contribution in [0.2, 0.25) is 0 Å². The molecule has 0 saturated carbocycles. The molecule has 2 N–H and O–H groups in total. The first-order valence-electron chi connectivity index (χ1n) is 16.6. The molecule has 4 heterocycles. The zero-order chi connectivity index (χ0) is 36.4. The number of amides is 4. The fourth-order valence-electron chi connectivity index (χ4n) is 6.35. The number of carbonyl (C=O) groups is 3. The van der Waals surface area contributed by atoms with Crippen LogP contribution in [-0.4, -0.2) is 70.1 Å². The summed E-state index contributed by atoms with van der Waals surface area (Å²) in [6.45, 7) is 4.27. The summed E-state index contributed by atoms with van der Waals surface area (Å²) in [5.74, 6) is 5.21. The van der Waals surface area contributed by atoms with E-state index in [1.807, 2.05) is 31.2 Å². The lowest BCUT2D eigenvalue weighted by Crippen LogP contribution is -2.50. The number of nitrogens with zero attached hydrogens (tertiary/aromatic N) is 6. The van der Waals surface area contributed by atoms with E-state index in [1.54, 1.807) is 52.1 Å². The summed E-state index contributed by atoms with van der Waals surface area (Å²) in [5.41, 5.74) is 3.66. The van der Waals surface area contributed by atoms with Gasteiger partial charge >= 0.3 is 12.2 Å². The van der Waals surface area contributed by atoms with Crippen LogP contribution in [0.3, 0.4) is 0 Å². The molecule has 14 heteroatoms. The van der Waals surface area contributed by atoms with Gasteiger partial charge in [0, 0.05) is 80.1 Å². The van der Waals surface area contributed by atoms with Crippen molar-refractivity contribution in [1.82, 2.24) is 24.8 Å². The van der Waals surface area contributed by atoms with Gasteiger partial charge in [0.15, 0.2) is 5.65 Å². The fraction of sp³-hybridized carbons (Fsp3) is 0.237. The molecular weight excluding hydrogens is 673 g/mol. The van der Waals surface area contributed by atoms with Gasteiger partial charge in [-0.15, -0.1) is 0 Å². The molecule has 2 aliphatic rings. The number of piperazine rings is 1. The zero-order valence-electron chi connectivity index (χ0n) is 28.1. The van der Waals surface area contributed by atoms with Gasteiger partial charge in [0.25, 0.3) is 5.91 Å². The van der Waals surface area contributed by atoms with Gasteiger partial charge in [-0.05, 0) is 72.5 Å². The Morgan fingerprint density at radius 3 is 2.52 bits per heavy atom. The van der Waals surface area contributed by atoms with E-state index >= 15 is 0 Å². The van der Waals surface area contributed by atoms with Gasteiger partial charge in [0.2, 0.25) is 5.91 Å². The Hall–Kier alpha value is -6.20. The fourth-order valence-corrected chi connectivity index (χ4v) is 6.35. The number of fused-ring (bicyclic) bond motifs is 1. The van der Waals surface area contributed by atoms with Crippen LogP contribution >= 0.6 is 0 Å². The Balaban J connectivity index is 1.03. The summed E-state index contributed by atoms with van der Waals surface area (Å²) >= 11 is 0. The van der Waals surface area contributed by atoms with Crippen molar-refractivity contribution in [1.29, 1.82) is 0 Å². The van der Waals surface area contributed by atoms with E-state index in [9.17, 15) is 27.6 Å². The first kappa shape index (κ1) is 34.3. The van der Waals surface area contributed by atoms with E-state index < -0.39 is 23.7 Å². The number of hydrogen-bond donors (Lipinski definition) is 2. The summed E-state index contributed by atoms with van der Waals surface area (Å²) in [7, 11) is 0. The van der Waals surface area contributed by atoms with Gasteiger partial charge in [0.05, 0.1) is 11.8 Å². The molecule has 4 amide bonds. The third-order valence-corrected chi connectivity index (χ3v) is 9.11. The SMILES string of the molecule is Cc1ccc(C(=O)Nc2ccc(N3CCN(Cc4ccccc4N4CCC(=O)NC4=O)CC3)c(C(F)(F)F)c2)cc1C#Cc1cnc2cccnn12. The largest absolute Gasteiger partial charge is 0.418 e. The molecule has 2 aromatic heterocycles. The average Bonchev–Trinajstić information content (AvgIpc) is 3.55. The molecule has 0 radical (unpaired) electrons. The van der Waals surface area contributed by atoms with Crippen molar-refractivity contribution in [3.8, 4) is 11.8 Å². The minimum Gasteiger partial charge on any atom is -0.368 e. The van der Waals surface area contributed by atoms with Gasteiger partial charge in [-0.1, -0.05) is 30.2 Å². The molecule has 0 bridgehead atoms. The second-order valence-electron chi connectivity index (χ2n) is 12.5. The third kappa shape index (κ3) is 7.31. The monoisotopic (exact) mass is 706 g/mol. The van der Waals surface area contributed by atoms with Gasteiger partial charge in [0.1, 0.15) is 5.69 Å². The van der Waals surface area contributed by atoms with Crippen LogP contribution in [0.4, 0.5) is 35.0 Å². The van der Waals surface area contributed by atoms with Crippen LogP contribution in [0.25, 0.3) is 5.65 Å².